The molecule has 9 heteroatoms. The third-order valence-electron chi connectivity index (χ3n) is 5.29. The van der Waals surface area contributed by atoms with E-state index in [1.165, 1.54) is 0 Å². The zero-order valence-corrected chi connectivity index (χ0v) is 19.7. The van der Waals surface area contributed by atoms with Gasteiger partial charge in [-0.05, 0) is 50.6 Å². The van der Waals surface area contributed by atoms with Crippen molar-refractivity contribution in [3.63, 3.8) is 0 Å². The minimum atomic E-state index is -3.00. The summed E-state index contributed by atoms with van der Waals surface area (Å²) >= 11 is 3.50. The molecule has 0 amide bonds. The molecule has 0 bridgehead atoms. The second-order valence-corrected chi connectivity index (χ2v) is 10.7. The van der Waals surface area contributed by atoms with Crippen LogP contribution in [0.4, 0.5) is 0 Å². The van der Waals surface area contributed by atoms with E-state index in [4.69, 9.17) is 4.74 Å². The molecule has 7 nitrogen and oxygen atoms in total. The highest BCUT2D eigenvalue weighted by Crippen LogP contribution is 2.25. The van der Waals surface area contributed by atoms with Gasteiger partial charge in [0.15, 0.2) is 16.4 Å². The number of nitrogens with zero attached hydrogens (tertiary/aromatic N) is 2. The van der Waals surface area contributed by atoms with E-state index in [-0.39, 0.29) is 30.4 Å². The number of rotatable bonds is 6. The molecule has 0 N–H and O–H groups in total. The van der Waals surface area contributed by atoms with Crippen molar-refractivity contribution in [2.24, 2.45) is 0 Å². The van der Waals surface area contributed by atoms with Crippen LogP contribution in [0.2, 0.25) is 0 Å². The van der Waals surface area contributed by atoms with E-state index < -0.39 is 15.8 Å². The molecule has 162 valence electrons. The monoisotopic (exact) mass is 496 g/mol. The van der Waals surface area contributed by atoms with E-state index in [1.807, 2.05) is 43.5 Å². The topological polar surface area (TPSA) is 85.7 Å². The number of aryl methyl sites for hydroxylation is 2. The van der Waals surface area contributed by atoms with Gasteiger partial charge in [-0.3, -0.25) is 14.5 Å². The van der Waals surface area contributed by atoms with Crippen LogP contribution >= 0.6 is 15.9 Å². The minimum Gasteiger partial charge on any atom is -0.456 e. The zero-order chi connectivity index (χ0) is 22.1. The lowest BCUT2D eigenvalue weighted by Crippen LogP contribution is -2.43. The maximum absolute atomic E-state index is 12.7. The van der Waals surface area contributed by atoms with Crippen molar-refractivity contribution in [2.45, 2.75) is 20.8 Å². The Balaban J connectivity index is 1.63. The van der Waals surface area contributed by atoms with Gasteiger partial charge in [-0.25, -0.2) is 8.42 Å². The quantitative estimate of drug-likeness (QED) is 0.451. The molecule has 0 atom stereocenters. The molecule has 0 unspecified atom stereocenters. The van der Waals surface area contributed by atoms with Gasteiger partial charge in [-0.1, -0.05) is 15.9 Å². The number of esters is 1. The highest BCUT2D eigenvalue weighted by atomic mass is 79.9. The number of carbonyl (C=O) groups is 2. The summed E-state index contributed by atoms with van der Waals surface area (Å²) in [5, 5.41) is 0. The normalized spacial score (nSPS) is 16.4. The van der Waals surface area contributed by atoms with Crippen molar-refractivity contribution in [1.29, 1.82) is 0 Å². The lowest BCUT2D eigenvalue weighted by atomic mass is 10.1. The van der Waals surface area contributed by atoms with Gasteiger partial charge in [0.05, 0.1) is 18.1 Å². The van der Waals surface area contributed by atoms with E-state index in [0.29, 0.717) is 18.7 Å². The lowest BCUT2D eigenvalue weighted by molar-refractivity contribution is -0.143. The first kappa shape index (κ1) is 22.7. The summed E-state index contributed by atoms with van der Waals surface area (Å²) in [6.45, 7) is 6.06. The van der Waals surface area contributed by atoms with Crippen molar-refractivity contribution in [3.05, 3.63) is 51.3 Å². The number of aromatic nitrogens is 1. The second kappa shape index (κ2) is 9.03. The lowest BCUT2D eigenvalue weighted by Gasteiger charge is -2.25. The van der Waals surface area contributed by atoms with Crippen LogP contribution in [0.15, 0.2) is 28.7 Å². The van der Waals surface area contributed by atoms with Crippen LogP contribution in [0, 0.1) is 20.8 Å². The molecule has 1 aliphatic rings. The van der Waals surface area contributed by atoms with Crippen molar-refractivity contribution < 1.29 is 22.7 Å². The van der Waals surface area contributed by atoms with Crippen molar-refractivity contribution in [3.8, 4) is 5.69 Å². The second-order valence-electron chi connectivity index (χ2n) is 7.57. The van der Waals surface area contributed by atoms with Crippen LogP contribution in [0.1, 0.15) is 27.3 Å². The van der Waals surface area contributed by atoms with Crippen LogP contribution in [-0.4, -0.2) is 67.4 Å². The van der Waals surface area contributed by atoms with Gasteiger partial charge in [0.1, 0.15) is 0 Å². The maximum atomic E-state index is 12.7. The fourth-order valence-electron chi connectivity index (χ4n) is 3.57. The molecule has 0 saturated carbocycles. The van der Waals surface area contributed by atoms with Crippen LogP contribution in [0.5, 0.6) is 0 Å². The summed E-state index contributed by atoms with van der Waals surface area (Å²) in [7, 11) is -3.00. The van der Waals surface area contributed by atoms with Gasteiger partial charge >= 0.3 is 5.97 Å². The smallest absolute Gasteiger partial charge is 0.320 e. The van der Waals surface area contributed by atoms with E-state index in [2.05, 4.69) is 15.9 Å². The number of benzene rings is 1. The Morgan fingerprint density at radius 1 is 1.10 bits per heavy atom. The van der Waals surface area contributed by atoms with Gasteiger partial charge in [-0.15, -0.1) is 0 Å². The Kier molecular flexibility index (Phi) is 6.84. The Morgan fingerprint density at radius 3 is 2.40 bits per heavy atom. The highest BCUT2D eigenvalue weighted by Gasteiger charge is 2.24. The standard InChI is InChI=1S/C21H25BrN2O5S/c1-14-10-17(4-5-19(14)22)24-15(2)11-18(16(24)3)20(25)13-29-21(26)12-23-6-8-30(27,28)9-7-23/h4-5,10-11H,6-9,12-13H2,1-3H3. The molecule has 1 aliphatic heterocycles. The van der Waals surface area contributed by atoms with Gasteiger partial charge in [0, 0.05) is 40.2 Å². The SMILES string of the molecule is Cc1cc(-n2c(C)cc(C(=O)COC(=O)CN3CCS(=O)(=O)CC3)c2C)ccc1Br. The van der Waals surface area contributed by atoms with Crippen LogP contribution in [-0.2, 0) is 19.4 Å². The van der Waals surface area contributed by atoms with E-state index in [9.17, 15) is 18.0 Å². The van der Waals surface area contributed by atoms with Gasteiger partial charge in [0.2, 0.25) is 5.78 Å². The molecule has 2 heterocycles. The Bertz CT molecular complexity index is 1080. The number of carbonyl (C=O) groups excluding carboxylic acids is 2. The minimum absolute atomic E-state index is 0.0139. The van der Waals surface area contributed by atoms with Crippen LogP contribution in [0.25, 0.3) is 5.69 Å². The van der Waals surface area contributed by atoms with E-state index >= 15 is 0 Å². The third kappa shape index (κ3) is 5.19. The van der Waals surface area contributed by atoms with E-state index in [1.54, 1.807) is 11.0 Å². The number of ketones is 1. The molecular formula is C21H25BrN2O5S. The molecule has 0 spiro atoms. The predicted octanol–water partition coefficient (Wildman–Crippen LogP) is 2.62. The number of hydrogen-bond acceptors (Lipinski definition) is 6. The summed E-state index contributed by atoms with van der Waals surface area (Å²) in [4.78, 5) is 26.5. The fraction of sp³-hybridized carbons (Fsp3) is 0.429. The molecule has 1 aromatic heterocycles. The first-order valence-corrected chi connectivity index (χ1v) is 12.3. The van der Waals surface area contributed by atoms with Gasteiger partial charge in [-0.2, -0.15) is 0 Å². The first-order chi connectivity index (χ1) is 14.1. The van der Waals surface area contributed by atoms with Crippen LogP contribution in [0.3, 0.4) is 0 Å². The Morgan fingerprint density at radius 2 is 1.77 bits per heavy atom. The molecular weight excluding hydrogens is 472 g/mol. The van der Waals surface area contributed by atoms with Crippen molar-refractivity contribution in [2.75, 3.05) is 37.7 Å². The summed E-state index contributed by atoms with van der Waals surface area (Å²) < 4.78 is 31.1. The molecule has 30 heavy (non-hydrogen) atoms. The average Bonchev–Trinajstić information content (AvgIpc) is 2.98. The third-order valence-corrected chi connectivity index (χ3v) is 7.78. The average molecular weight is 497 g/mol. The number of hydrogen-bond donors (Lipinski definition) is 0. The fourth-order valence-corrected chi connectivity index (χ4v) is 5.09. The highest BCUT2D eigenvalue weighted by molar-refractivity contribution is 9.10. The van der Waals surface area contributed by atoms with Crippen molar-refractivity contribution in [1.82, 2.24) is 9.47 Å². The molecule has 3 rings (SSSR count). The molecule has 0 radical (unpaired) electrons. The summed E-state index contributed by atoms with van der Waals surface area (Å²) in [5.74, 6) is -0.709. The molecule has 1 fully saturated rings. The largest absolute Gasteiger partial charge is 0.456 e. The molecule has 1 aromatic carbocycles. The number of halogens is 1. The van der Waals surface area contributed by atoms with Crippen molar-refractivity contribution >= 4 is 37.5 Å². The molecule has 1 saturated heterocycles. The number of ether oxygens (including phenoxy) is 1. The first-order valence-electron chi connectivity index (χ1n) is 9.64. The maximum Gasteiger partial charge on any atom is 0.320 e. The number of sulfone groups is 1. The predicted molar refractivity (Wildman–Crippen MR) is 118 cm³/mol. The zero-order valence-electron chi connectivity index (χ0n) is 17.3. The summed E-state index contributed by atoms with van der Waals surface area (Å²) in [6.07, 6.45) is 0. The summed E-state index contributed by atoms with van der Waals surface area (Å²) in [6, 6.07) is 7.79. The Hall–Kier alpha value is -1.97. The summed E-state index contributed by atoms with van der Waals surface area (Å²) in [5.41, 5.74) is 4.27. The van der Waals surface area contributed by atoms with E-state index in [0.717, 1.165) is 27.1 Å². The van der Waals surface area contributed by atoms with Crippen LogP contribution < -0.4 is 0 Å². The van der Waals surface area contributed by atoms with Gasteiger partial charge < -0.3 is 9.30 Å². The Labute approximate surface area is 185 Å². The number of Topliss-reactive ketones (excluding diaryl/α,β-unsaturated/α-hetero) is 1. The molecule has 2 aromatic rings. The molecule has 0 aliphatic carbocycles. The van der Waals surface area contributed by atoms with Gasteiger partial charge in [0.25, 0.3) is 0 Å².